The van der Waals surface area contributed by atoms with E-state index in [-0.39, 0.29) is 38.0 Å². The highest BCUT2D eigenvalue weighted by Crippen LogP contribution is 2.38. The van der Waals surface area contributed by atoms with E-state index in [1.807, 2.05) is 20.8 Å². The zero-order chi connectivity index (χ0) is 46.5. The van der Waals surface area contributed by atoms with Gasteiger partial charge in [-0.15, -0.1) is 0 Å². The smallest absolute Gasteiger partial charge is 0.309 e. The van der Waals surface area contributed by atoms with Gasteiger partial charge >= 0.3 is 23.9 Å². The van der Waals surface area contributed by atoms with Crippen LogP contribution in [0, 0.1) is 17.8 Å². The van der Waals surface area contributed by atoms with Gasteiger partial charge < -0.3 is 62.5 Å². The number of carbonyl (C=O) groups excluding carboxylic acids is 5. The lowest BCUT2D eigenvalue weighted by molar-refractivity contribution is -0.345. The number of likely N-dealkylation sites (N-methyl/N-ethyl adjacent to an activating group) is 1. The number of aliphatic hydroxyl groups is 2. The van der Waals surface area contributed by atoms with Crippen LogP contribution in [0.4, 0.5) is 0 Å². The minimum Gasteiger partial charge on any atom is -0.462 e. The van der Waals surface area contributed by atoms with E-state index in [1.54, 1.807) is 77.9 Å². The summed E-state index contributed by atoms with van der Waals surface area (Å²) in [6.07, 6.45) is -4.36. The Morgan fingerprint density at radius 1 is 0.968 bits per heavy atom. The van der Waals surface area contributed by atoms with Gasteiger partial charge in [0.15, 0.2) is 24.8 Å². The zero-order valence-corrected chi connectivity index (χ0v) is 38.6. The average Bonchev–Trinajstić information content (AvgIpc) is 3.15. The largest absolute Gasteiger partial charge is 0.462 e. The number of aldehydes is 1. The first-order valence-electron chi connectivity index (χ1n) is 21.9. The summed E-state index contributed by atoms with van der Waals surface area (Å²) >= 11 is 0. The van der Waals surface area contributed by atoms with Crippen molar-refractivity contribution in [2.24, 2.45) is 17.8 Å². The standard InChI is InChI=1S/C45H73NO16/c1-13-34(50)59-42-38(46(10)11)39(61-37-24-45(9,53)43(29(7)56-37)60-35(51)21-25(2)3)28(6)57-44(42)62-40-31(19-20-47)22-26(4)32(49)18-16-14-15-17-27(5)55-36(52)23-33(41(40)54-12)58-30(8)48/h14-16,18,20,25-29,31-33,37-44,49,53H,13,17,19,21-24H2,1-12H3/b15-14+,18-16+/t26-,27-,28-,29+,31?,32+,33?,37+,38+,39-,40+,41+,42-,43+,44+,45-/m1/s1. The summed E-state index contributed by atoms with van der Waals surface area (Å²) in [4.78, 5) is 66.1. The summed E-state index contributed by atoms with van der Waals surface area (Å²) in [6, 6.07) is -0.777. The first-order valence-corrected chi connectivity index (χ1v) is 21.9. The Morgan fingerprint density at radius 3 is 2.24 bits per heavy atom. The number of cyclic esters (lactones) is 1. The van der Waals surface area contributed by atoms with Gasteiger partial charge in [0.05, 0.1) is 36.9 Å². The molecular formula is C45H73NO16. The van der Waals surface area contributed by atoms with Crippen LogP contribution in [0.3, 0.4) is 0 Å². The number of hydrogen-bond acceptors (Lipinski definition) is 17. The lowest BCUT2D eigenvalue weighted by Crippen LogP contribution is -2.66. The van der Waals surface area contributed by atoms with E-state index in [9.17, 15) is 34.2 Å². The van der Waals surface area contributed by atoms with Crippen molar-refractivity contribution >= 4 is 30.2 Å². The Labute approximate surface area is 367 Å². The minimum absolute atomic E-state index is 0.00145. The summed E-state index contributed by atoms with van der Waals surface area (Å²) in [5, 5.41) is 22.8. The summed E-state index contributed by atoms with van der Waals surface area (Å²) in [6.45, 7) is 15.1. The Hall–Kier alpha value is -3.29. The summed E-state index contributed by atoms with van der Waals surface area (Å²) in [7, 11) is 4.89. The Bertz CT molecular complexity index is 1520. The van der Waals surface area contributed by atoms with Gasteiger partial charge in [-0.25, -0.2) is 0 Å². The van der Waals surface area contributed by atoms with Gasteiger partial charge in [0.2, 0.25) is 0 Å². The molecule has 2 unspecified atom stereocenters. The first-order chi connectivity index (χ1) is 29.1. The number of ether oxygens (including phenoxy) is 9. The molecule has 3 aliphatic heterocycles. The molecule has 62 heavy (non-hydrogen) atoms. The third kappa shape index (κ3) is 15.5. The van der Waals surface area contributed by atoms with Gasteiger partial charge in [-0.2, -0.15) is 0 Å². The van der Waals surface area contributed by atoms with E-state index in [0.717, 1.165) is 0 Å². The maximum absolute atomic E-state index is 13.4. The summed E-state index contributed by atoms with van der Waals surface area (Å²) in [5.74, 6) is -3.52. The highest BCUT2D eigenvalue weighted by atomic mass is 16.7. The predicted molar refractivity (Wildman–Crippen MR) is 224 cm³/mol. The second-order valence-electron chi connectivity index (χ2n) is 17.8. The quantitative estimate of drug-likeness (QED) is 0.144. The average molecular weight is 884 g/mol. The molecule has 2 saturated heterocycles. The van der Waals surface area contributed by atoms with E-state index in [2.05, 4.69) is 0 Å². The minimum atomic E-state index is -1.53. The van der Waals surface area contributed by atoms with Gasteiger partial charge in [-0.3, -0.25) is 19.2 Å². The lowest BCUT2D eigenvalue weighted by Gasteiger charge is -2.51. The van der Waals surface area contributed by atoms with Crippen LogP contribution in [0.25, 0.3) is 0 Å². The molecule has 17 heteroatoms. The number of aliphatic hydroxyl groups excluding tert-OH is 1. The Balaban J connectivity index is 2.10. The zero-order valence-electron chi connectivity index (χ0n) is 38.6. The molecule has 0 aromatic heterocycles. The third-order valence-corrected chi connectivity index (χ3v) is 11.4. The van der Waals surface area contributed by atoms with E-state index >= 15 is 0 Å². The number of methoxy groups -OCH3 is 1. The summed E-state index contributed by atoms with van der Waals surface area (Å²) < 4.78 is 55.5. The van der Waals surface area contributed by atoms with Crippen LogP contribution in [-0.2, 0) is 66.6 Å². The van der Waals surface area contributed by atoms with E-state index < -0.39 is 127 Å². The molecule has 354 valence electrons. The van der Waals surface area contributed by atoms with Crippen LogP contribution >= 0.6 is 0 Å². The third-order valence-electron chi connectivity index (χ3n) is 11.4. The van der Waals surface area contributed by atoms with Crippen LogP contribution in [0.2, 0.25) is 0 Å². The van der Waals surface area contributed by atoms with E-state index in [4.69, 9.17) is 42.6 Å². The van der Waals surface area contributed by atoms with Crippen LogP contribution in [0.5, 0.6) is 0 Å². The van der Waals surface area contributed by atoms with Crippen LogP contribution in [0.1, 0.15) is 107 Å². The molecule has 0 amide bonds. The van der Waals surface area contributed by atoms with Gasteiger partial charge in [-0.05, 0) is 66.0 Å². The second kappa shape index (κ2) is 24.7. The molecule has 2 N–H and O–H groups in total. The molecule has 3 heterocycles. The van der Waals surface area contributed by atoms with Crippen molar-refractivity contribution in [3.8, 4) is 0 Å². The topological polar surface area (TPSA) is 212 Å². The number of hydrogen-bond donors (Lipinski definition) is 2. The van der Waals surface area contributed by atoms with Crippen molar-refractivity contribution in [1.82, 2.24) is 4.90 Å². The first kappa shape index (κ1) is 53.1. The fourth-order valence-electron chi connectivity index (χ4n) is 8.41. The SMILES string of the molecule is CCC(=O)O[C@H]1[C@H](O[C@H]2C(CC=O)C[C@@H](C)[C@@H](O)/C=C/C=C/C[C@@H](C)OC(=O)CC(OC(C)=O)[C@@H]2OC)O[C@H](C)[C@@H](O[C@H]2C[C@@](C)(O)[C@@H](OC(=O)CC(C)C)[C@H](C)O2)[C@@H]1N(C)C. The van der Waals surface area contributed by atoms with Gasteiger partial charge in [0.1, 0.15) is 36.3 Å². The molecule has 0 saturated carbocycles. The number of rotatable bonds is 14. The van der Waals surface area contributed by atoms with E-state index in [1.165, 1.54) is 14.0 Å². The Kier molecular flexibility index (Phi) is 21.1. The van der Waals surface area contributed by atoms with Crippen LogP contribution in [-0.4, -0.2) is 152 Å². The van der Waals surface area contributed by atoms with Crippen molar-refractivity contribution in [1.29, 1.82) is 0 Å². The molecule has 16 atom stereocenters. The van der Waals surface area contributed by atoms with Gasteiger partial charge in [0.25, 0.3) is 0 Å². The molecule has 2 fully saturated rings. The number of esters is 4. The molecule has 17 nitrogen and oxygen atoms in total. The number of allylic oxidation sites excluding steroid dienone is 2. The molecular weight excluding hydrogens is 810 g/mol. The molecule has 0 spiro atoms. The van der Waals surface area contributed by atoms with E-state index in [0.29, 0.717) is 12.7 Å². The molecule has 0 aromatic carbocycles. The molecule has 0 radical (unpaired) electrons. The van der Waals surface area contributed by atoms with Crippen molar-refractivity contribution in [2.45, 2.75) is 193 Å². The molecule has 0 aliphatic carbocycles. The van der Waals surface area contributed by atoms with Crippen molar-refractivity contribution in [2.75, 3.05) is 21.2 Å². The predicted octanol–water partition coefficient (Wildman–Crippen LogP) is 3.97. The fraction of sp³-hybridized carbons (Fsp3) is 0.800. The second-order valence-corrected chi connectivity index (χ2v) is 17.8. The normalized spacial score (nSPS) is 38.7. The van der Waals surface area contributed by atoms with Crippen molar-refractivity contribution < 1.29 is 76.8 Å². The van der Waals surface area contributed by atoms with Gasteiger partial charge in [0, 0.05) is 46.1 Å². The fourth-order valence-corrected chi connectivity index (χ4v) is 8.41. The number of nitrogens with zero attached hydrogens (tertiary/aromatic N) is 1. The highest BCUT2D eigenvalue weighted by molar-refractivity contribution is 5.72. The summed E-state index contributed by atoms with van der Waals surface area (Å²) in [5.41, 5.74) is -1.53. The van der Waals surface area contributed by atoms with Crippen LogP contribution < -0.4 is 0 Å². The van der Waals surface area contributed by atoms with Gasteiger partial charge in [-0.1, -0.05) is 52.0 Å². The monoisotopic (exact) mass is 883 g/mol. The van der Waals surface area contributed by atoms with Crippen molar-refractivity contribution in [3.05, 3.63) is 24.3 Å². The molecule has 0 bridgehead atoms. The van der Waals surface area contributed by atoms with Crippen molar-refractivity contribution in [3.63, 3.8) is 0 Å². The highest BCUT2D eigenvalue weighted by Gasteiger charge is 2.54. The maximum atomic E-state index is 13.4. The lowest BCUT2D eigenvalue weighted by atomic mass is 9.82. The molecule has 3 rings (SSSR count). The molecule has 3 aliphatic rings. The number of carbonyl (C=O) groups is 5. The van der Waals surface area contributed by atoms with Crippen LogP contribution in [0.15, 0.2) is 24.3 Å². The Morgan fingerprint density at radius 2 is 1.66 bits per heavy atom. The maximum Gasteiger partial charge on any atom is 0.309 e. The molecule has 0 aromatic rings.